The summed E-state index contributed by atoms with van der Waals surface area (Å²) < 4.78 is 42.5. The van der Waals surface area contributed by atoms with Crippen LogP contribution in [0.4, 0.5) is 10.1 Å². The average molecular weight is 327 g/mol. The Hall–Kier alpha value is -2.68. The first kappa shape index (κ1) is 15.7. The molecule has 0 bridgehead atoms. The van der Waals surface area contributed by atoms with E-state index in [1.165, 1.54) is 0 Å². The quantitative estimate of drug-likeness (QED) is 0.524. The summed E-state index contributed by atoms with van der Waals surface area (Å²) in [6.07, 6.45) is 0. The number of phenolic OH excluding ortho intramolecular Hbond substituents is 1. The zero-order valence-corrected chi connectivity index (χ0v) is 12.0. The van der Waals surface area contributed by atoms with Crippen molar-refractivity contribution in [3.8, 4) is 11.5 Å². The Morgan fingerprint density at radius 3 is 2.27 bits per heavy atom. The number of nitro benzene ring substituents is 1. The summed E-state index contributed by atoms with van der Waals surface area (Å²) in [5.41, 5.74) is -0.806. The van der Waals surface area contributed by atoms with Crippen LogP contribution >= 0.6 is 0 Å². The van der Waals surface area contributed by atoms with E-state index in [-0.39, 0.29) is 10.6 Å². The maximum absolute atomic E-state index is 12.9. The fraction of sp³-hybridized carbons (Fsp3) is 0.0769. The molecule has 0 aliphatic carbocycles. The van der Waals surface area contributed by atoms with Crippen LogP contribution in [0, 0.1) is 15.9 Å². The van der Waals surface area contributed by atoms with Crippen LogP contribution < -0.4 is 4.74 Å². The first-order valence-corrected chi connectivity index (χ1v) is 7.31. The zero-order chi connectivity index (χ0) is 16.5. The van der Waals surface area contributed by atoms with Crippen molar-refractivity contribution in [3.63, 3.8) is 0 Å². The Kier molecular flexibility index (Phi) is 4.00. The molecule has 0 fully saturated rings. The number of methoxy groups -OCH3 is 1. The van der Waals surface area contributed by atoms with Crippen LogP contribution in [-0.2, 0) is 9.84 Å². The molecule has 116 valence electrons. The van der Waals surface area contributed by atoms with Crippen molar-refractivity contribution < 1.29 is 27.6 Å². The highest BCUT2D eigenvalue weighted by Gasteiger charge is 2.26. The summed E-state index contributed by atoms with van der Waals surface area (Å²) in [6.45, 7) is 0. The minimum atomic E-state index is -4.12. The van der Waals surface area contributed by atoms with Gasteiger partial charge in [-0.25, -0.2) is 12.8 Å². The number of nitro groups is 1. The molecule has 2 aromatic rings. The first-order valence-electron chi connectivity index (χ1n) is 5.83. The number of rotatable bonds is 4. The standard InChI is InChI=1S/C13H10FNO6S/c1-21-12-7-10(6-11(13(12)16)15(17)18)22(19,20)9-4-2-8(14)3-5-9/h2-7,16H,1H3. The smallest absolute Gasteiger partial charge is 0.315 e. The fourth-order valence-corrected chi connectivity index (χ4v) is 3.06. The second-order valence-corrected chi connectivity index (χ2v) is 6.16. The van der Waals surface area contributed by atoms with Gasteiger partial charge in [0.05, 0.1) is 21.8 Å². The van der Waals surface area contributed by atoms with Crippen LogP contribution in [0.1, 0.15) is 0 Å². The lowest BCUT2D eigenvalue weighted by molar-refractivity contribution is -0.386. The average Bonchev–Trinajstić information content (AvgIpc) is 2.47. The monoisotopic (exact) mass is 327 g/mol. The Bertz CT molecular complexity index is 832. The molecular weight excluding hydrogens is 317 g/mol. The molecule has 1 N–H and O–H groups in total. The van der Waals surface area contributed by atoms with E-state index in [0.717, 1.165) is 43.5 Å². The van der Waals surface area contributed by atoms with Gasteiger partial charge in [0.2, 0.25) is 15.6 Å². The number of halogens is 1. The molecule has 0 saturated heterocycles. The number of hydrogen-bond donors (Lipinski definition) is 1. The molecule has 0 spiro atoms. The van der Waals surface area contributed by atoms with Gasteiger partial charge in [-0.05, 0) is 24.3 Å². The van der Waals surface area contributed by atoms with Crippen molar-refractivity contribution in [2.75, 3.05) is 7.11 Å². The van der Waals surface area contributed by atoms with Gasteiger partial charge < -0.3 is 9.84 Å². The molecule has 0 aromatic heterocycles. The minimum absolute atomic E-state index is 0.240. The summed E-state index contributed by atoms with van der Waals surface area (Å²) >= 11 is 0. The van der Waals surface area contributed by atoms with Crippen molar-refractivity contribution >= 4 is 15.5 Å². The van der Waals surface area contributed by atoms with Gasteiger partial charge >= 0.3 is 5.69 Å². The van der Waals surface area contributed by atoms with Gasteiger partial charge in [-0.3, -0.25) is 10.1 Å². The minimum Gasteiger partial charge on any atom is -0.500 e. The second-order valence-electron chi connectivity index (χ2n) is 4.21. The van der Waals surface area contributed by atoms with Gasteiger partial charge in [0, 0.05) is 12.1 Å². The summed E-state index contributed by atoms with van der Waals surface area (Å²) in [4.78, 5) is 9.28. The predicted molar refractivity (Wildman–Crippen MR) is 73.2 cm³/mol. The van der Waals surface area contributed by atoms with E-state index >= 15 is 0 Å². The number of hydrogen-bond acceptors (Lipinski definition) is 6. The Morgan fingerprint density at radius 1 is 1.18 bits per heavy atom. The summed E-state index contributed by atoms with van der Waals surface area (Å²) in [5.74, 6) is -1.74. The third-order valence-corrected chi connectivity index (χ3v) is 4.63. The molecular formula is C13H10FNO6S. The maximum Gasteiger partial charge on any atom is 0.315 e. The predicted octanol–water partition coefficient (Wildman–Crippen LogP) is 2.28. The van der Waals surface area contributed by atoms with Crippen molar-refractivity contribution in [1.29, 1.82) is 0 Å². The van der Waals surface area contributed by atoms with Crippen LogP contribution in [0.2, 0.25) is 0 Å². The van der Waals surface area contributed by atoms with Gasteiger partial charge in [0.1, 0.15) is 5.82 Å². The van der Waals surface area contributed by atoms with Crippen molar-refractivity contribution in [1.82, 2.24) is 0 Å². The normalized spacial score (nSPS) is 11.2. The van der Waals surface area contributed by atoms with Gasteiger partial charge in [0.15, 0.2) is 5.75 Å². The largest absolute Gasteiger partial charge is 0.500 e. The van der Waals surface area contributed by atoms with E-state index in [2.05, 4.69) is 0 Å². The van der Waals surface area contributed by atoms with E-state index < -0.39 is 36.9 Å². The number of phenols is 1. The lowest BCUT2D eigenvalue weighted by Gasteiger charge is -2.09. The van der Waals surface area contributed by atoms with Gasteiger partial charge in [-0.15, -0.1) is 0 Å². The Labute approximate surface area is 124 Å². The topological polar surface area (TPSA) is 107 Å². The van der Waals surface area contributed by atoms with E-state index in [1.807, 2.05) is 0 Å². The molecule has 2 rings (SSSR count). The molecule has 9 heteroatoms. The molecule has 0 atom stereocenters. The van der Waals surface area contributed by atoms with E-state index in [0.29, 0.717) is 0 Å². The Morgan fingerprint density at radius 2 is 1.77 bits per heavy atom. The van der Waals surface area contributed by atoms with Crippen LogP contribution in [0.15, 0.2) is 46.2 Å². The fourth-order valence-electron chi connectivity index (χ4n) is 1.77. The van der Waals surface area contributed by atoms with Crippen LogP contribution in [0.5, 0.6) is 11.5 Å². The van der Waals surface area contributed by atoms with E-state index in [9.17, 15) is 28.0 Å². The third-order valence-electron chi connectivity index (χ3n) is 2.88. The highest BCUT2D eigenvalue weighted by Crippen LogP contribution is 2.39. The van der Waals surface area contributed by atoms with Crippen LogP contribution in [-0.4, -0.2) is 25.6 Å². The number of sulfone groups is 1. The number of benzene rings is 2. The number of nitrogens with zero attached hydrogens (tertiary/aromatic N) is 1. The number of ether oxygens (including phenoxy) is 1. The highest BCUT2D eigenvalue weighted by atomic mass is 32.2. The molecule has 22 heavy (non-hydrogen) atoms. The lowest BCUT2D eigenvalue weighted by Crippen LogP contribution is -2.04. The molecule has 0 saturated carbocycles. The highest BCUT2D eigenvalue weighted by molar-refractivity contribution is 7.91. The van der Waals surface area contributed by atoms with E-state index in [4.69, 9.17) is 4.74 Å². The molecule has 0 aliphatic rings. The van der Waals surface area contributed by atoms with Crippen molar-refractivity contribution in [2.24, 2.45) is 0 Å². The molecule has 0 unspecified atom stereocenters. The third kappa shape index (κ3) is 2.70. The Balaban J connectivity index is 2.68. The van der Waals surface area contributed by atoms with Gasteiger partial charge in [-0.2, -0.15) is 0 Å². The lowest BCUT2D eigenvalue weighted by atomic mass is 10.3. The van der Waals surface area contributed by atoms with Crippen molar-refractivity contribution in [3.05, 3.63) is 52.3 Å². The molecule has 0 aliphatic heterocycles. The molecule has 2 aromatic carbocycles. The van der Waals surface area contributed by atoms with Crippen LogP contribution in [0.3, 0.4) is 0 Å². The van der Waals surface area contributed by atoms with E-state index in [1.54, 1.807) is 0 Å². The zero-order valence-electron chi connectivity index (χ0n) is 11.2. The summed E-state index contributed by atoms with van der Waals surface area (Å²) in [6, 6.07) is 5.67. The summed E-state index contributed by atoms with van der Waals surface area (Å²) in [5, 5.41) is 20.5. The summed E-state index contributed by atoms with van der Waals surface area (Å²) in [7, 11) is -2.99. The van der Waals surface area contributed by atoms with Crippen molar-refractivity contribution in [2.45, 2.75) is 9.79 Å². The maximum atomic E-state index is 12.9. The van der Waals surface area contributed by atoms with Gasteiger partial charge in [-0.1, -0.05) is 0 Å². The second kappa shape index (κ2) is 5.60. The molecule has 0 radical (unpaired) electrons. The van der Waals surface area contributed by atoms with Crippen LogP contribution in [0.25, 0.3) is 0 Å². The molecule has 0 amide bonds. The number of aromatic hydroxyl groups is 1. The first-order chi connectivity index (χ1) is 10.3. The van der Waals surface area contributed by atoms with Gasteiger partial charge in [0.25, 0.3) is 0 Å². The molecule has 7 nitrogen and oxygen atoms in total. The molecule has 0 heterocycles. The SMILES string of the molecule is COc1cc(S(=O)(=O)c2ccc(F)cc2)cc([N+](=O)[O-])c1O.